The summed E-state index contributed by atoms with van der Waals surface area (Å²) in [6.45, 7) is 0.783. The number of anilines is 2. The molecule has 0 aliphatic heterocycles. The summed E-state index contributed by atoms with van der Waals surface area (Å²) in [4.78, 5) is 19.8. The van der Waals surface area contributed by atoms with Crippen molar-refractivity contribution in [1.29, 1.82) is 0 Å². The van der Waals surface area contributed by atoms with Crippen LogP contribution in [0.25, 0.3) is 16.6 Å². The number of aromatic nitrogens is 2. The first-order chi connectivity index (χ1) is 15.2. The SMILES string of the molecule is CN(C)Cc1ccc(Nc2nc3ccc(C(F)(F)F)cc3c(=O)n2-c2ccccc2)cc1. The van der Waals surface area contributed by atoms with Gasteiger partial charge in [-0.2, -0.15) is 13.2 Å². The van der Waals surface area contributed by atoms with Crippen molar-refractivity contribution in [3.8, 4) is 5.69 Å². The van der Waals surface area contributed by atoms with Crippen LogP contribution in [0.5, 0.6) is 0 Å². The second kappa shape index (κ2) is 8.47. The molecule has 1 aromatic heterocycles. The van der Waals surface area contributed by atoms with Crippen molar-refractivity contribution in [1.82, 2.24) is 14.5 Å². The van der Waals surface area contributed by atoms with Gasteiger partial charge in [-0.05, 0) is 62.1 Å². The zero-order chi connectivity index (χ0) is 22.9. The lowest BCUT2D eigenvalue weighted by Gasteiger charge is -2.16. The maximum absolute atomic E-state index is 13.3. The molecule has 0 saturated carbocycles. The van der Waals surface area contributed by atoms with E-state index in [0.29, 0.717) is 11.4 Å². The van der Waals surface area contributed by atoms with Crippen LogP contribution in [0.1, 0.15) is 11.1 Å². The van der Waals surface area contributed by atoms with Crippen LogP contribution in [0.15, 0.2) is 77.6 Å². The third kappa shape index (κ3) is 4.50. The number of halogens is 3. The Morgan fingerprint density at radius 3 is 2.28 bits per heavy atom. The fourth-order valence-corrected chi connectivity index (χ4v) is 3.45. The summed E-state index contributed by atoms with van der Waals surface area (Å²) in [6.07, 6.45) is -4.55. The average Bonchev–Trinajstić information content (AvgIpc) is 2.75. The molecule has 0 radical (unpaired) electrons. The monoisotopic (exact) mass is 438 g/mol. The van der Waals surface area contributed by atoms with Gasteiger partial charge in [0.25, 0.3) is 5.56 Å². The highest BCUT2D eigenvalue weighted by atomic mass is 19.4. The first-order valence-electron chi connectivity index (χ1n) is 9.92. The van der Waals surface area contributed by atoms with Gasteiger partial charge in [-0.15, -0.1) is 0 Å². The van der Waals surface area contributed by atoms with Gasteiger partial charge in [0.15, 0.2) is 0 Å². The first-order valence-corrected chi connectivity index (χ1v) is 9.92. The molecule has 0 aliphatic carbocycles. The van der Waals surface area contributed by atoms with E-state index in [2.05, 4.69) is 15.2 Å². The van der Waals surface area contributed by atoms with E-state index in [9.17, 15) is 18.0 Å². The van der Waals surface area contributed by atoms with Crippen molar-refractivity contribution in [2.75, 3.05) is 19.4 Å². The molecule has 0 amide bonds. The summed E-state index contributed by atoms with van der Waals surface area (Å²) in [7, 11) is 3.96. The Balaban J connectivity index is 1.85. The second-order valence-electron chi connectivity index (χ2n) is 7.70. The summed E-state index contributed by atoms with van der Waals surface area (Å²) < 4.78 is 40.9. The van der Waals surface area contributed by atoms with E-state index >= 15 is 0 Å². The van der Waals surface area contributed by atoms with E-state index in [1.54, 1.807) is 30.3 Å². The number of hydrogen-bond donors (Lipinski definition) is 1. The molecule has 5 nitrogen and oxygen atoms in total. The van der Waals surface area contributed by atoms with Gasteiger partial charge in [-0.1, -0.05) is 30.3 Å². The largest absolute Gasteiger partial charge is 0.416 e. The summed E-state index contributed by atoms with van der Waals surface area (Å²) in [5.74, 6) is 0.216. The summed E-state index contributed by atoms with van der Waals surface area (Å²) in [6, 6.07) is 19.4. The van der Waals surface area contributed by atoms with Gasteiger partial charge in [-0.25, -0.2) is 9.55 Å². The van der Waals surface area contributed by atoms with Crippen molar-refractivity contribution >= 4 is 22.5 Å². The molecule has 1 heterocycles. The van der Waals surface area contributed by atoms with Gasteiger partial charge >= 0.3 is 6.18 Å². The van der Waals surface area contributed by atoms with E-state index in [1.165, 1.54) is 10.6 Å². The molecule has 3 aromatic carbocycles. The van der Waals surface area contributed by atoms with E-state index in [1.807, 2.05) is 38.4 Å². The van der Waals surface area contributed by atoms with Crippen molar-refractivity contribution in [2.24, 2.45) is 0 Å². The molecule has 0 atom stereocenters. The fourth-order valence-electron chi connectivity index (χ4n) is 3.45. The minimum atomic E-state index is -4.55. The normalized spacial score (nSPS) is 11.8. The number of alkyl halides is 3. The molecule has 8 heteroatoms. The zero-order valence-electron chi connectivity index (χ0n) is 17.5. The molecule has 0 bridgehead atoms. The first kappa shape index (κ1) is 21.6. The smallest absolute Gasteiger partial charge is 0.325 e. The van der Waals surface area contributed by atoms with Crippen LogP contribution in [-0.4, -0.2) is 28.5 Å². The predicted molar refractivity (Wildman–Crippen MR) is 119 cm³/mol. The average molecular weight is 438 g/mol. The standard InChI is InChI=1S/C24H21F3N4O/c1-30(2)15-16-8-11-18(12-9-16)28-23-29-21-13-10-17(24(25,26)27)14-20(21)22(32)31(23)19-6-4-3-5-7-19/h3-14H,15H2,1-2H3,(H,28,29). The van der Waals surface area contributed by atoms with Crippen LogP contribution < -0.4 is 10.9 Å². The molecule has 0 unspecified atom stereocenters. The molecular formula is C24H21F3N4O. The number of rotatable bonds is 5. The molecule has 164 valence electrons. The van der Waals surface area contributed by atoms with E-state index in [0.717, 1.165) is 24.2 Å². The molecule has 0 fully saturated rings. The highest BCUT2D eigenvalue weighted by Gasteiger charge is 2.31. The lowest BCUT2D eigenvalue weighted by atomic mass is 10.1. The summed E-state index contributed by atoms with van der Waals surface area (Å²) >= 11 is 0. The third-order valence-corrected chi connectivity index (χ3v) is 4.92. The molecule has 1 N–H and O–H groups in total. The van der Waals surface area contributed by atoms with Gasteiger partial charge in [0.1, 0.15) is 0 Å². The predicted octanol–water partition coefficient (Wildman–Crippen LogP) is 5.21. The van der Waals surface area contributed by atoms with Gasteiger partial charge in [-0.3, -0.25) is 4.79 Å². The van der Waals surface area contributed by atoms with E-state index < -0.39 is 17.3 Å². The minimum Gasteiger partial charge on any atom is -0.325 e. The Morgan fingerprint density at radius 2 is 1.66 bits per heavy atom. The topological polar surface area (TPSA) is 50.2 Å². The lowest BCUT2D eigenvalue weighted by Crippen LogP contribution is -2.23. The maximum Gasteiger partial charge on any atom is 0.416 e. The highest BCUT2D eigenvalue weighted by Crippen LogP contribution is 2.31. The van der Waals surface area contributed by atoms with Crippen molar-refractivity contribution in [3.05, 3.63) is 94.3 Å². The summed E-state index contributed by atoms with van der Waals surface area (Å²) in [5, 5.41) is 3.04. The molecular weight excluding hydrogens is 417 g/mol. The second-order valence-corrected chi connectivity index (χ2v) is 7.70. The van der Waals surface area contributed by atoms with E-state index in [4.69, 9.17) is 0 Å². The Bertz CT molecular complexity index is 1300. The van der Waals surface area contributed by atoms with Crippen LogP contribution in [0.2, 0.25) is 0 Å². The fraction of sp³-hybridized carbons (Fsp3) is 0.167. The minimum absolute atomic E-state index is 0.101. The van der Waals surface area contributed by atoms with Gasteiger partial charge in [0.05, 0.1) is 22.2 Å². The number of para-hydroxylation sites is 1. The van der Waals surface area contributed by atoms with Crippen molar-refractivity contribution in [2.45, 2.75) is 12.7 Å². The zero-order valence-corrected chi connectivity index (χ0v) is 17.5. The number of fused-ring (bicyclic) bond motifs is 1. The number of nitrogens with one attached hydrogen (secondary N) is 1. The summed E-state index contributed by atoms with van der Waals surface area (Å²) in [5.41, 5.74) is 1.03. The van der Waals surface area contributed by atoms with Crippen molar-refractivity contribution in [3.63, 3.8) is 0 Å². The van der Waals surface area contributed by atoms with Crippen LogP contribution in [-0.2, 0) is 12.7 Å². The third-order valence-electron chi connectivity index (χ3n) is 4.92. The Labute approximate surface area is 182 Å². The van der Waals surface area contributed by atoms with Crippen LogP contribution in [0.3, 0.4) is 0 Å². The maximum atomic E-state index is 13.3. The van der Waals surface area contributed by atoms with Crippen molar-refractivity contribution < 1.29 is 13.2 Å². The molecule has 4 aromatic rings. The van der Waals surface area contributed by atoms with Gasteiger partial charge in [0, 0.05) is 12.2 Å². The Morgan fingerprint density at radius 1 is 0.969 bits per heavy atom. The van der Waals surface area contributed by atoms with Gasteiger partial charge < -0.3 is 10.2 Å². The molecule has 4 rings (SSSR count). The van der Waals surface area contributed by atoms with Crippen LogP contribution in [0, 0.1) is 0 Å². The molecule has 0 saturated heterocycles. The molecule has 0 spiro atoms. The van der Waals surface area contributed by atoms with Gasteiger partial charge in [0.2, 0.25) is 5.95 Å². The molecule has 0 aliphatic rings. The Hall–Kier alpha value is -3.65. The van der Waals surface area contributed by atoms with E-state index in [-0.39, 0.29) is 16.9 Å². The number of benzene rings is 3. The quantitative estimate of drug-likeness (QED) is 0.465. The Kier molecular flexibility index (Phi) is 5.71. The molecule has 32 heavy (non-hydrogen) atoms. The van der Waals surface area contributed by atoms with Crippen LogP contribution in [0.4, 0.5) is 24.8 Å². The highest BCUT2D eigenvalue weighted by molar-refractivity contribution is 5.81. The number of nitrogens with zero attached hydrogens (tertiary/aromatic N) is 3. The lowest BCUT2D eigenvalue weighted by molar-refractivity contribution is -0.137. The number of hydrogen-bond acceptors (Lipinski definition) is 4. The van der Waals surface area contributed by atoms with Crippen LogP contribution >= 0.6 is 0 Å².